The van der Waals surface area contributed by atoms with Gasteiger partial charge in [0, 0.05) is 5.54 Å². The van der Waals surface area contributed by atoms with Crippen molar-refractivity contribution in [2.24, 2.45) is 0 Å². The molecular formula is C11H13BrFNO4S. The molecule has 1 rings (SSSR count). The number of hydrogen-bond donors (Lipinski definition) is 2. The Morgan fingerprint density at radius 3 is 2.32 bits per heavy atom. The summed E-state index contributed by atoms with van der Waals surface area (Å²) in [5.41, 5.74) is -1.22. The smallest absolute Gasteiger partial charge is 0.336 e. The van der Waals surface area contributed by atoms with Gasteiger partial charge >= 0.3 is 5.97 Å². The molecular weight excluding hydrogens is 341 g/mol. The zero-order chi connectivity index (χ0) is 15.0. The zero-order valence-electron chi connectivity index (χ0n) is 10.5. The van der Waals surface area contributed by atoms with E-state index in [4.69, 9.17) is 5.11 Å². The third-order valence-corrected chi connectivity index (χ3v) is 4.86. The number of halogens is 2. The van der Waals surface area contributed by atoms with E-state index < -0.39 is 37.8 Å². The second-order valence-electron chi connectivity index (χ2n) is 4.93. The van der Waals surface area contributed by atoms with Gasteiger partial charge in [-0.2, -0.15) is 0 Å². The van der Waals surface area contributed by atoms with Crippen molar-refractivity contribution in [2.75, 3.05) is 0 Å². The van der Waals surface area contributed by atoms with E-state index in [9.17, 15) is 17.6 Å². The number of aromatic carboxylic acids is 1. The molecule has 0 aliphatic heterocycles. The highest BCUT2D eigenvalue weighted by molar-refractivity contribution is 9.10. The fraction of sp³-hybridized carbons (Fsp3) is 0.364. The van der Waals surface area contributed by atoms with E-state index in [-0.39, 0.29) is 4.47 Å². The number of carboxylic acid groups (broad SMARTS) is 1. The second kappa shape index (κ2) is 5.18. The molecule has 0 unspecified atom stereocenters. The van der Waals surface area contributed by atoms with Crippen LogP contribution in [0.5, 0.6) is 0 Å². The third kappa shape index (κ3) is 3.99. The van der Waals surface area contributed by atoms with E-state index in [1.165, 1.54) is 0 Å². The van der Waals surface area contributed by atoms with Crippen LogP contribution in [0, 0.1) is 5.82 Å². The van der Waals surface area contributed by atoms with Crippen molar-refractivity contribution in [3.05, 3.63) is 28.0 Å². The molecule has 0 heterocycles. The van der Waals surface area contributed by atoms with Gasteiger partial charge in [-0.05, 0) is 48.8 Å². The van der Waals surface area contributed by atoms with E-state index in [0.29, 0.717) is 0 Å². The monoisotopic (exact) mass is 353 g/mol. The summed E-state index contributed by atoms with van der Waals surface area (Å²) in [6.45, 7) is 4.86. The maximum Gasteiger partial charge on any atom is 0.336 e. The van der Waals surface area contributed by atoms with Gasteiger partial charge in [-0.3, -0.25) is 0 Å². The van der Waals surface area contributed by atoms with Crippen LogP contribution >= 0.6 is 15.9 Å². The molecule has 0 saturated carbocycles. The lowest BCUT2D eigenvalue weighted by molar-refractivity contribution is 0.0695. The Kier molecular flexibility index (Phi) is 4.38. The predicted molar refractivity (Wildman–Crippen MR) is 71.1 cm³/mol. The Labute approximate surface area is 119 Å². The molecule has 0 aliphatic rings. The number of hydrogen-bond acceptors (Lipinski definition) is 3. The van der Waals surface area contributed by atoms with E-state index in [0.717, 1.165) is 12.1 Å². The van der Waals surface area contributed by atoms with Crippen molar-refractivity contribution in [3.8, 4) is 0 Å². The minimum atomic E-state index is -4.03. The van der Waals surface area contributed by atoms with E-state index in [1.54, 1.807) is 20.8 Å². The van der Waals surface area contributed by atoms with Crippen LogP contribution in [0.1, 0.15) is 31.1 Å². The van der Waals surface area contributed by atoms with Crippen LogP contribution in [0.25, 0.3) is 0 Å². The first-order valence-corrected chi connectivity index (χ1v) is 7.48. The van der Waals surface area contributed by atoms with Crippen LogP contribution in [0.4, 0.5) is 4.39 Å². The van der Waals surface area contributed by atoms with Gasteiger partial charge in [-0.15, -0.1) is 0 Å². The first-order chi connectivity index (χ1) is 8.44. The molecule has 0 aromatic heterocycles. The Morgan fingerprint density at radius 2 is 1.89 bits per heavy atom. The van der Waals surface area contributed by atoms with Crippen LogP contribution < -0.4 is 4.72 Å². The summed E-state index contributed by atoms with van der Waals surface area (Å²) in [5, 5.41) is 8.90. The van der Waals surface area contributed by atoms with Crippen LogP contribution in [0.15, 0.2) is 21.5 Å². The van der Waals surface area contributed by atoms with Gasteiger partial charge in [0.1, 0.15) is 5.82 Å². The third-order valence-electron chi connectivity index (χ3n) is 1.96. The minimum Gasteiger partial charge on any atom is -0.478 e. The summed E-state index contributed by atoms with van der Waals surface area (Å²) in [5.74, 6) is -2.35. The van der Waals surface area contributed by atoms with Crippen molar-refractivity contribution < 1.29 is 22.7 Å². The summed E-state index contributed by atoms with van der Waals surface area (Å²) in [7, 11) is -4.03. The standard InChI is InChI=1S/C11H13BrFNO4S/c1-11(2,3)14-19(17,18)8-5-6(13)4-7(9(8)12)10(15)16/h4-5,14H,1-3H3,(H,15,16). The number of sulfonamides is 1. The van der Waals surface area contributed by atoms with Crippen molar-refractivity contribution in [1.29, 1.82) is 0 Å². The van der Waals surface area contributed by atoms with Gasteiger partial charge in [-0.1, -0.05) is 0 Å². The second-order valence-corrected chi connectivity index (χ2v) is 7.37. The Balaban J connectivity index is 3.48. The maximum absolute atomic E-state index is 13.4. The van der Waals surface area contributed by atoms with Crippen molar-refractivity contribution in [2.45, 2.75) is 31.2 Å². The lowest BCUT2D eigenvalue weighted by Gasteiger charge is -2.21. The molecule has 0 radical (unpaired) electrons. The average molecular weight is 354 g/mol. The lowest BCUT2D eigenvalue weighted by atomic mass is 10.1. The molecule has 0 spiro atoms. The number of benzene rings is 1. The van der Waals surface area contributed by atoms with Crippen LogP contribution in [0.3, 0.4) is 0 Å². The molecule has 8 heteroatoms. The van der Waals surface area contributed by atoms with E-state index in [2.05, 4.69) is 20.7 Å². The molecule has 1 aromatic rings. The number of nitrogens with one attached hydrogen (secondary N) is 1. The molecule has 0 aliphatic carbocycles. The average Bonchev–Trinajstić information content (AvgIpc) is 2.16. The molecule has 0 fully saturated rings. The number of rotatable bonds is 3. The van der Waals surface area contributed by atoms with Crippen molar-refractivity contribution in [1.82, 2.24) is 4.72 Å². The molecule has 1 aromatic carbocycles. The zero-order valence-corrected chi connectivity index (χ0v) is 12.9. The van der Waals surface area contributed by atoms with Crippen LogP contribution in [-0.2, 0) is 10.0 Å². The van der Waals surface area contributed by atoms with Crippen molar-refractivity contribution in [3.63, 3.8) is 0 Å². The Hall–Kier alpha value is -0.990. The van der Waals surface area contributed by atoms with Gasteiger partial charge in [0.25, 0.3) is 0 Å². The number of carboxylic acids is 1. The molecule has 0 saturated heterocycles. The first-order valence-electron chi connectivity index (χ1n) is 5.20. The van der Waals surface area contributed by atoms with Gasteiger partial charge in [0.2, 0.25) is 10.0 Å². The molecule has 0 atom stereocenters. The van der Waals surface area contributed by atoms with Gasteiger partial charge in [-0.25, -0.2) is 22.3 Å². The van der Waals surface area contributed by atoms with E-state index >= 15 is 0 Å². The highest BCUT2D eigenvalue weighted by atomic mass is 79.9. The normalized spacial score (nSPS) is 12.5. The van der Waals surface area contributed by atoms with Crippen LogP contribution in [-0.4, -0.2) is 25.0 Å². The van der Waals surface area contributed by atoms with Crippen LogP contribution in [0.2, 0.25) is 0 Å². The molecule has 2 N–H and O–H groups in total. The van der Waals surface area contributed by atoms with E-state index in [1.807, 2.05) is 0 Å². The number of carbonyl (C=O) groups is 1. The first kappa shape index (κ1) is 16.1. The van der Waals surface area contributed by atoms with Gasteiger partial charge in [0.15, 0.2) is 0 Å². The fourth-order valence-corrected chi connectivity index (χ4v) is 3.94. The van der Waals surface area contributed by atoms with Crippen molar-refractivity contribution >= 4 is 31.9 Å². The predicted octanol–water partition coefficient (Wildman–Crippen LogP) is 2.36. The summed E-state index contributed by atoms with van der Waals surface area (Å²) in [6.07, 6.45) is 0. The largest absolute Gasteiger partial charge is 0.478 e. The molecule has 5 nitrogen and oxygen atoms in total. The lowest BCUT2D eigenvalue weighted by Crippen LogP contribution is -2.40. The molecule has 106 valence electrons. The topological polar surface area (TPSA) is 83.5 Å². The highest BCUT2D eigenvalue weighted by Gasteiger charge is 2.27. The summed E-state index contributed by atoms with van der Waals surface area (Å²) >= 11 is 2.89. The van der Waals surface area contributed by atoms with Gasteiger partial charge in [0.05, 0.1) is 14.9 Å². The Bertz CT molecular complexity index is 622. The fourth-order valence-electron chi connectivity index (χ4n) is 1.37. The van der Waals surface area contributed by atoms with Gasteiger partial charge < -0.3 is 5.11 Å². The summed E-state index contributed by atoms with van der Waals surface area (Å²) < 4.78 is 39.7. The molecule has 0 bridgehead atoms. The SMILES string of the molecule is CC(C)(C)NS(=O)(=O)c1cc(F)cc(C(=O)O)c1Br. The quantitative estimate of drug-likeness (QED) is 0.873. The minimum absolute atomic E-state index is 0.182. The molecule has 19 heavy (non-hydrogen) atoms. The molecule has 0 amide bonds. The summed E-state index contributed by atoms with van der Waals surface area (Å²) in [4.78, 5) is 10.5. The Morgan fingerprint density at radius 1 is 1.37 bits per heavy atom. The highest BCUT2D eigenvalue weighted by Crippen LogP contribution is 2.28. The maximum atomic E-state index is 13.4. The summed E-state index contributed by atoms with van der Waals surface area (Å²) in [6, 6.07) is 1.52.